The van der Waals surface area contributed by atoms with Gasteiger partial charge in [0.1, 0.15) is 5.82 Å². The minimum Gasteiger partial charge on any atom is -0.384 e. The molecule has 0 aromatic carbocycles. The van der Waals surface area contributed by atoms with Gasteiger partial charge in [-0.1, -0.05) is 6.92 Å². The molecule has 1 atom stereocenters. The van der Waals surface area contributed by atoms with Gasteiger partial charge >= 0.3 is 0 Å². The molecule has 88 valence electrons. The minimum atomic E-state index is -0.155. The summed E-state index contributed by atoms with van der Waals surface area (Å²) in [6.45, 7) is 2.49. The lowest BCUT2D eigenvalue weighted by molar-refractivity contribution is 0.0894. The molecule has 0 aliphatic heterocycles. The summed E-state index contributed by atoms with van der Waals surface area (Å²) in [6, 6.07) is 3.20. The van der Waals surface area contributed by atoms with Crippen molar-refractivity contribution in [1.29, 1.82) is 0 Å². The molecule has 0 aliphatic carbocycles. The fourth-order valence-corrected chi connectivity index (χ4v) is 1.32. The molecule has 0 saturated carbocycles. The van der Waals surface area contributed by atoms with Crippen molar-refractivity contribution in [3.05, 3.63) is 23.9 Å². The van der Waals surface area contributed by atoms with Gasteiger partial charge in [0, 0.05) is 18.9 Å². The molecule has 1 heterocycles. The van der Waals surface area contributed by atoms with Crippen LogP contribution in [0.4, 0.5) is 5.82 Å². The monoisotopic (exact) mass is 223 g/mol. The number of hydrogen-bond donors (Lipinski definition) is 2. The zero-order chi connectivity index (χ0) is 12.0. The van der Waals surface area contributed by atoms with Crippen LogP contribution in [0.5, 0.6) is 0 Å². The van der Waals surface area contributed by atoms with Crippen molar-refractivity contribution in [2.45, 2.75) is 19.4 Å². The molecule has 5 heteroatoms. The SMILES string of the molecule is CCC(COC)NC(=O)c1ccnc(N)c1. The van der Waals surface area contributed by atoms with Gasteiger partial charge in [0.05, 0.1) is 12.6 Å². The zero-order valence-electron chi connectivity index (χ0n) is 9.56. The number of methoxy groups -OCH3 is 1. The number of carbonyl (C=O) groups is 1. The highest BCUT2D eigenvalue weighted by Gasteiger charge is 2.11. The summed E-state index contributed by atoms with van der Waals surface area (Å²) in [5.41, 5.74) is 6.02. The van der Waals surface area contributed by atoms with Crippen LogP contribution in [0.25, 0.3) is 0 Å². The Morgan fingerprint density at radius 2 is 2.44 bits per heavy atom. The number of aromatic nitrogens is 1. The summed E-state index contributed by atoms with van der Waals surface area (Å²) < 4.78 is 5.00. The highest BCUT2D eigenvalue weighted by molar-refractivity contribution is 5.94. The van der Waals surface area contributed by atoms with E-state index in [1.54, 1.807) is 19.2 Å². The largest absolute Gasteiger partial charge is 0.384 e. The number of amides is 1. The number of pyridine rings is 1. The maximum Gasteiger partial charge on any atom is 0.251 e. The van der Waals surface area contributed by atoms with Gasteiger partial charge in [-0.25, -0.2) is 4.98 Å². The van der Waals surface area contributed by atoms with Crippen molar-refractivity contribution < 1.29 is 9.53 Å². The van der Waals surface area contributed by atoms with Gasteiger partial charge in [-0.05, 0) is 18.6 Å². The van der Waals surface area contributed by atoms with Gasteiger partial charge < -0.3 is 15.8 Å². The summed E-state index contributed by atoms with van der Waals surface area (Å²) in [7, 11) is 1.61. The third kappa shape index (κ3) is 3.51. The number of rotatable bonds is 5. The Kier molecular flexibility index (Phi) is 4.72. The number of hydrogen-bond acceptors (Lipinski definition) is 4. The van der Waals surface area contributed by atoms with Crippen LogP contribution in [0, 0.1) is 0 Å². The van der Waals surface area contributed by atoms with Gasteiger partial charge in [-0.2, -0.15) is 0 Å². The first-order valence-corrected chi connectivity index (χ1v) is 5.18. The van der Waals surface area contributed by atoms with E-state index in [0.717, 1.165) is 6.42 Å². The number of nitrogen functional groups attached to an aromatic ring is 1. The first-order chi connectivity index (χ1) is 7.67. The second kappa shape index (κ2) is 6.07. The number of nitrogens with zero attached hydrogens (tertiary/aromatic N) is 1. The topological polar surface area (TPSA) is 77.2 Å². The molecule has 0 aliphatic rings. The fraction of sp³-hybridized carbons (Fsp3) is 0.455. The van der Waals surface area contributed by atoms with E-state index in [1.165, 1.54) is 6.20 Å². The van der Waals surface area contributed by atoms with E-state index >= 15 is 0 Å². The van der Waals surface area contributed by atoms with Gasteiger partial charge in [-0.15, -0.1) is 0 Å². The summed E-state index contributed by atoms with van der Waals surface area (Å²) in [6.07, 6.45) is 2.33. The smallest absolute Gasteiger partial charge is 0.251 e. The average Bonchev–Trinajstić information content (AvgIpc) is 2.28. The fourth-order valence-electron chi connectivity index (χ4n) is 1.32. The van der Waals surface area contributed by atoms with Crippen LogP contribution in [0.2, 0.25) is 0 Å². The summed E-state index contributed by atoms with van der Waals surface area (Å²) in [4.78, 5) is 15.6. The van der Waals surface area contributed by atoms with Crippen LogP contribution >= 0.6 is 0 Å². The third-order valence-corrected chi connectivity index (χ3v) is 2.24. The molecule has 0 spiro atoms. The molecule has 16 heavy (non-hydrogen) atoms. The Bertz CT molecular complexity index is 355. The van der Waals surface area contributed by atoms with Gasteiger partial charge in [-0.3, -0.25) is 4.79 Å². The second-order valence-corrected chi connectivity index (χ2v) is 3.50. The molecule has 1 aromatic heterocycles. The number of ether oxygens (including phenoxy) is 1. The quantitative estimate of drug-likeness (QED) is 0.774. The van der Waals surface area contributed by atoms with Crippen LogP contribution in [0.1, 0.15) is 23.7 Å². The molecule has 1 unspecified atom stereocenters. The molecule has 0 fully saturated rings. The number of nitrogens with two attached hydrogens (primary N) is 1. The molecule has 1 rings (SSSR count). The molecule has 3 N–H and O–H groups in total. The van der Waals surface area contributed by atoms with E-state index in [-0.39, 0.29) is 11.9 Å². The van der Waals surface area contributed by atoms with Gasteiger partial charge in [0.15, 0.2) is 0 Å². The first-order valence-electron chi connectivity index (χ1n) is 5.18. The maximum atomic E-state index is 11.8. The van der Waals surface area contributed by atoms with Crippen molar-refractivity contribution in [1.82, 2.24) is 10.3 Å². The van der Waals surface area contributed by atoms with Gasteiger partial charge in [0.25, 0.3) is 5.91 Å². The predicted octanol–water partition coefficient (Wildman–Crippen LogP) is 0.819. The Morgan fingerprint density at radius 3 is 3.00 bits per heavy atom. The van der Waals surface area contributed by atoms with Gasteiger partial charge in [0.2, 0.25) is 0 Å². The highest BCUT2D eigenvalue weighted by Crippen LogP contribution is 2.03. The maximum absolute atomic E-state index is 11.8. The minimum absolute atomic E-state index is 0.0203. The van der Waals surface area contributed by atoms with E-state index in [9.17, 15) is 4.79 Å². The summed E-state index contributed by atoms with van der Waals surface area (Å²) in [5, 5.41) is 2.86. The van der Waals surface area contributed by atoms with Crippen LogP contribution in [0.15, 0.2) is 18.3 Å². The standard InChI is InChI=1S/C11H17N3O2/c1-3-9(7-16-2)14-11(15)8-4-5-13-10(12)6-8/h4-6,9H,3,7H2,1-2H3,(H2,12,13)(H,14,15). The molecule has 5 nitrogen and oxygen atoms in total. The molecule has 1 amide bonds. The molecule has 1 aromatic rings. The Labute approximate surface area is 95.0 Å². The lowest BCUT2D eigenvalue weighted by atomic mass is 10.2. The molecule has 0 radical (unpaired) electrons. The van der Waals surface area contributed by atoms with E-state index in [1.807, 2.05) is 6.92 Å². The summed E-state index contributed by atoms with van der Waals surface area (Å²) >= 11 is 0. The second-order valence-electron chi connectivity index (χ2n) is 3.50. The van der Waals surface area contributed by atoms with Crippen LogP contribution in [-0.4, -0.2) is 30.6 Å². The van der Waals surface area contributed by atoms with Crippen molar-refractivity contribution in [3.63, 3.8) is 0 Å². The molecular weight excluding hydrogens is 206 g/mol. The highest BCUT2D eigenvalue weighted by atomic mass is 16.5. The third-order valence-electron chi connectivity index (χ3n) is 2.24. The normalized spacial score (nSPS) is 12.1. The lowest BCUT2D eigenvalue weighted by Crippen LogP contribution is -2.37. The Hall–Kier alpha value is -1.62. The molecule has 0 saturated heterocycles. The average molecular weight is 223 g/mol. The van der Waals surface area contributed by atoms with Crippen molar-refractivity contribution in [2.24, 2.45) is 0 Å². The Morgan fingerprint density at radius 1 is 1.69 bits per heavy atom. The van der Waals surface area contributed by atoms with E-state index in [4.69, 9.17) is 10.5 Å². The lowest BCUT2D eigenvalue weighted by Gasteiger charge is -2.15. The van der Waals surface area contributed by atoms with Crippen molar-refractivity contribution >= 4 is 11.7 Å². The van der Waals surface area contributed by atoms with Crippen molar-refractivity contribution in [2.75, 3.05) is 19.5 Å². The Balaban J connectivity index is 2.64. The molecule has 0 bridgehead atoms. The van der Waals surface area contributed by atoms with Crippen molar-refractivity contribution in [3.8, 4) is 0 Å². The number of nitrogens with one attached hydrogen (secondary N) is 1. The van der Waals surface area contributed by atoms with Crippen LogP contribution < -0.4 is 11.1 Å². The van der Waals surface area contributed by atoms with E-state index < -0.39 is 0 Å². The molecular formula is C11H17N3O2. The summed E-state index contributed by atoms with van der Waals surface area (Å²) in [5.74, 6) is 0.186. The number of anilines is 1. The van der Waals surface area contributed by atoms with E-state index in [0.29, 0.717) is 18.0 Å². The van der Waals surface area contributed by atoms with Crippen LogP contribution in [-0.2, 0) is 4.74 Å². The number of carbonyl (C=O) groups excluding carboxylic acids is 1. The van der Waals surface area contributed by atoms with E-state index in [2.05, 4.69) is 10.3 Å². The van der Waals surface area contributed by atoms with Crippen LogP contribution in [0.3, 0.4) is 0 Å². The zero-order valence-corrected chi connectivity index (χ0v) is 9.56. The first kappa shape index (κ1) is 12.4. The predicted molar refractivity (Wildman–Crippen MR) is 62.1 cm³/mol.